The van der Waals surface area contributed by atoms with E-state index >= 15 is 0 Å². The molecule has 0 saturated carbocycles. The molecule has 0 aliphatic carbocycles. The highest BCUT2D eigenvalue weighted by Crippen LogP contribution is 2.32. The van der Waals surface area contributed by atoms with E-state index in [2.05, 4.69) is 29.4 Å². The van der Waals surface area contributed by atoms with Crippen molar-refractivity contribution in [3.8, 4) is 0 Å². The SMILES string of the molecule is CC(C)CNCc1c(F)cccc1Sc1nncs1. The maximum absolute atomic E-state index is 13.9. The summed E-state index contributed by atoms with van der Waals surface area (Å²) in [5.74, 6) is 0.372. The van der Waals surface area contributed by atoms with E-state index in [9.17, 15) is 4.39 Å². The average Bonchev–Trinajstić information content (AvgIpc) is 2.85. The first kappa shape index (κ1) is 14.4. The molecule has 0 aliphatic rings. The lowest BCUT2D eigenvalue weighted by Gasteiger charge is -2.11. The zero-order valence-electron chi connectivity index (χ0n) is 10.9. The van der Waals surface area contributed by atoms with Crippen molar-refractivity contribution in [1.82, 2.24) is 15.5 Å². The predicted molar refractivity (Wildman–Crippen MR) is 77.0 cm³/mol. The van der Waals surface area contributed by atoms with Crippen molar-refractivity contribution >= 4 is 23.1 Å². The number of benzene rings is 1. The van der Waals surface area contributed by atoms with Crippen LogP contribution >= 0.6 is 23.1 Å². The third kappa shape index (κ3) is 4.26. The molecule has 0 unspecified atom stereocenters. The monoisotopic (exact) mass is 297 g/mol. The largest absolute Gasteiger partial charge is 0.312 e. The van der Waals surface area contributed by atoms with Gasteiger partial charge in [0.15, 0.2) is 4.34 Å². The fraction of sp³-hybridized carbons (Fsp3) is 0.385. The Bertz CT molecular complexity index is 515. The Balaban J connectivity index is 2.11. The number of rotatable bonds is 6. The van der Waals surface area contributed by atoms with E-state index in [0.717, 1.165) is 15.8 Å². The summed E-state index contributed by atoms with van der Waals surface area (Å²) >= 11 is 2.92. The molecule has 102 valence electrons. The number of hydrogen-bond acceptors (Lipinski definition) is 5. The zero-order valence-corrected chi connectivity index (χ0v) is 12.5. The van der Waals surface area contributed by atoms with Crippen molar-refractivity contribution in [2.45, 2.75) is 29.6 Å². The van der Waals surface area contributed by atoms with E-state index in [-0.39, 0.29) is 5.82 Å². The van der Waals surface area contributed by atoms with Crippen LogP contribution in [0.1, 0.15) is 19.4 Å². The van der Waals surface area contributed by atoms with E-state index < -0.39 is 0 Å². The zero-order chi connectivity index (χ0) is 13.7. The van der Waals surface area contributed by atoms with E-state index in [1.807, 2.05) is 6.07 Å². The molecular formula is C13H16FN3S2. The molecule has 0 saturated heterocycles. The highest BCUT2D eigenvalue weighted by atomic mass is 32.2. The number of nitrogens with zero attached hydrogens (tertiary/aromatic N) is 2. The van der Waals surface area contributed by atoms with Gasteiger partial charge in [0, 0.05) is 17.0 Å². The van der Waals surface area contributed by atoms with Gasteiger partial charge in [0.2, 0.25) is 0 Å². The van der Waals surface area contributed by atoms with Crippen molar-refractivity contribution in [3.63, 3.8) is 0 Å². The molecule has 0 bridgehead atoms. The van der Waals surface area contributed by atoms with Crippen molar-refractivity contribution in [1.29, 1.82) is 0 Å². The Morgan fingerprint density at radius 1 is 1.42 bits per heavy atom. The van der Waals surface area contributed by atoms with Gasteiger partial charge >= 0.3 is 0 Å². The van der Waals surface area contributed by atoms with Crippen molar-refractivity contribution in [3.05, 3.63) is 35.1 Å². The molecule has 0 fully saturated rings. The van der Waals surface area contributed by atoms with Gasteiger partial charge < -0.3 is 5.32 Å². The Labute approximate surface area is 120 Å². The molecule has 1 aromatic carbocycles. The van der Waals surface area contributed by atoms with Crippen LogP contribution in [-0.2, 0) is 6.54 Å². The molecule has 2 aromatic rings. The summed E-state index contributed by atoms with van der Waals surface area (Å²) in [6, 6.07) is 5.14. The Hall–Kier alpha value is -0.980. The highest BCUT2D eigenvalue weighted by molar-refractivity contribution is 8.01. The van der Waals surface area contributed by atoms with Crippen LogP contribution in [0.3, 0.4) is 0 Å². The Kier molecular flexibility index (Phi) is 5.30. The van der Waals surface area contributed by atoms with E-state index in [1.165, 1.54) is 29.2 Å². The molecule has 0 aliphatic heterocycles. The van der Waals surface area contributed by atoms with Crippen molar-refractivity contribution in [2.24, 2.45) is 5.92 Å². The molecule has 0 spiro atoms. The molecule has 1 heterocycles. The standard InChI is InChI=1S/C13H16FN3S2/c1-9(2)6-15-7-10-11(14)4-3-5-12(10)19-13-17-16-8-18-13/h3-5,8-9,15H,6-7H2,1-2H3. The molecule has 0 atom stereocenters. The summed E-state index contributed by atoms with van der Waals surface area (Å²) < 4.78 is 14.7. The van der Waals surface area contributed by atoms with Gasteiger partial charge in [-0.1, -0.05) is 43.0 Å². The van der Waals surface area contributed by atoms with Crippen LogP contribution in [0.2, 0.25) is 0 Å². The fourth-order valence-corrected chi connectivity index (χ4v) is 3.18. The molecule has 3 nitrogen and oxygen atoms in total. The van der Waals surface area contributed by atoms with Crippen LogP contribution < -0.4 is 5.32 Å². The molecule has 0 radical (unpaired) electrons. The van der Waals surface area contributed by atoms with E-state index in [4.69, 9.17) is 0 Å². The molecule has 6 heteroatoms. The summed E-state index contributed by atoms with van der Waals surface area (Å²) in [5.41, 5.74) is 2.38. The second kappa shape index (κ2) is 6.98. The summed E-state index contributed by atoms with van der Waals surface area (Å²) in [6.07, 6.45) is 0. The van der Waals surface area contributed by atoms with Crippen molar-refractivity contribution in [2.75, 3.05) is 6.54 Å². The normalized spacial score (nSPS) is 11.2. The van der Waals surface area contributed by atoms with Gasteiger partial charge in [-0.3, -0.25) is 0 Å². The van der Waals surface area contributed by atoms with Gasteiger partial charge in [-0.25, -0.2) is 4.39 Å². The summed E-state index contributed by atoms with van der Waals surface area (Å²) in [5, 5.41) is 11.0. The smallest absolute Gasteiger partial charge is 0.178 e. The van der Waals surface area contributed by atoms with Crippen LogP contribution in [0.4, 0.5) is 4.39 Å². The summed E-state index contributed by atoms with van der Waals surface area (Å²) in [7, 11) is 0. The topological polar surface area (TPSA) is 37.8 Å². The lowest BCUT2D eigenvalue weighted by molar-refractivity contribution is 0.530. The van der Waals surface area contributed by atoms with Crippen LogP contribution in [0, 0.1) is 11.7 Å². The summed E-state index contributed by atoms with van der Waals surface area (Å²) in [4.78, 5) is 0.896. The van der Waals surface area contributed by atoms with Crippen LogP contribution in [0.25, 0.3) is 0 Å². The lowest BCUT2D eigenvalue weighted by atomic mass is 10.2. The number of halogens is 1. The van der Waals surface area contributed by atoms with E-state index in [0.29, 0.717) is 18.0 Å². The molecule has 19 heavy (non-hydrogen) atoms. The third-order valence-electron chi connectivity index (χ3n) is 2.47. The number of aromatic nitrogens is 2. The molecule has 1 aromatic heterocycles. The van der Waals surface area contributed by atoms with Gasteiger partial charge in [0.05, 0.1) is 0 Å². The van der Waals surface area contributed by atoms with Crippen LogP contribution in [-0.4, -0.2) is 16.7 Å². The predicted octanol–water partition coefficient (Wildman–Crippen LogP) is 3.57. The quantitative estimate of drug-likeness (QED) is 0.884. The van der Waals surface area contributed by atoms with Gasteiger partial charge in [-0.15, -0.1) is 10.2 Å². The lowest BCUT2D eigenvalue weighted by Crippen LogP contribution is -2.20. The molecule has 1 N–H and O–H groups in total. The first-order valence-corrected chi connectivity index (χ1v) is 7.78. The molecule has 0 amide bonds. The Morgan fingerprint density at radius 2 is 2.26 bits per heavy atom. The number of nitrogens with one attached hydrogen (secondary N) is 1. The minimum absolute atomic E-state index is 0.175. The fourth-order valence-electron chi connectivity index (χ4n) is 1.59. The highest BCUT2D eigenvalue weighted by Gasteiger charge is 2.11. The van der Waals surface area contributed by atoms with Crippen LogP contribution in [0.5, 0.6) is 0 Å². The first-order valence-electron chi connectivity index (χ1n) is 6.09. The molecular weight excluding hydrogens is 281 g/mol. The van der Waals surface area contributed by atoms with Gasteiger partial charge in [-0.2, -0.15) is 0 Å². The minimum atomic E-state index is -0.175. The molecule has 2 rings (SSSR count). The van der Waals surface area contributed by atoms with Crippen LogP contribution in [0.15, 0.2) is 32.9 Å². The minimum Gasteiger partial charge on any atom is -0.312 e. The third-order valence-corrected chi connectivity index (χ3v) is 4.35. The second-order valence-electron chi connectivity index (χ2n) is 4.55. The Morgan fingerprint density at radius 3 is 2.95 bits per heavy atom. The van der Waals surface area contributed by atoms with E-state index in [1.54, 1.807) is 11.6 Å². The summed E-state index contributed by atoms with van der Waals surface area (Å²) in [6.45, 7) is 5.67. The number of hydrogen-bond donors (Lipinski definition) is 1. The average molecular weight is 297 g/mol. The second-order valence-corrected chi connectivity index (χ2v) is 6.67. The van der Waals surface area contributed by atoms with Gasteiger partial charge in [0.1, 0.15) is 11.3 Å². The maximum Gasteiger partial charge on any atom is 0.178 e. The van der Waals surface area contributed by atoms with Gasteiger partial charge in [0.25, 0.3) is 0 Å². The van der Waals surface area contributed by atoms with Gasteiger partial charge in [-0.05, 0) is 24.6 Å². The first-order chi connectivity index (χ1) is 9.16. The maximum atomic E-state index is 13.9. The van der Waals surface area contributed by atoms with Crippen molar-refractivity contribution < 1.29 is 4.39 Å².